The van der Waals surface area contributed by atoms with Crippen molar-refractivity contribution in [3.05, 3.63) is 16.3 Å². The first-order valence-corrected chi connectivity index (χ1v) is 9.55. The van der Waals surface area contributed by atoms with Gasteiger partial charge in [0.25, 0.3) is 5.91 Å². The summed E-state index contributed by atoms with van der Waals surface area (Å²) in [5.74, 6) is 0.574. The maximum atomic E-state index is 12.3. The van der Waals surface area contributed by atoms with Gasteiger partial charge in [0.2, 0.25) is 5.82 Å². The third-order valence-corrected chi connectivity index (χ3v) is 6.32. The first-order chi connectivity index (χ1) is 12.0. The summed E-state index contributed by atoms with van der Waals surface area (Å²) < 4.78 is 8.47. The fourth-order valence-electron chi connectivity index (χ4n) is 2.66. The molecule has 2 aromatic heterocycles. The molecule has 1 saturated carbocycles. The van der Waals surface area contributed by atoms with Gasteiger partial charge in [-0.05, 0) is 53.9 Å². The van der Waals surface area contributed by atoms with Crippen LogP contribution in [-0.2, 0) is 0 Å². The fraction of sp³-hybridized carbons (Fsp3) is 0.571. The highest BCUT2D eigenvalue weighted by Crippen LogP contribution is 2.31. The molecule has 0 saturated heterocycles. The van der Waals surface area contributed by atoms with E-state index in [1.807, 2.05) is 0 Å². The van der Waals surface area contributed by atoms with Crippen LogP contribution in [0, 0.1) is 12.8 Å². The first kappa shape index (κ1) is 17.9. The zero-order valence-corrected chi connectivity index (χ0v) is 16.2. The van der Waals surface area contributed by atoms with Crippen molar-refractivity contribution in [3.63, 3.8) is 0 Å². The molecule has 2 aromatic rings. The molecular weight excluding hydrogens is 410 g/mol. The lowest BCUT2D eigenvalue weighted by Gasteiger charge is -2.28. The summed E-state index contributed by atoms with van der Waals surface area (Å²) in [6, 6.07) is 0.105. The Morgan fingerprint density at radius 2 is 2.24 bits per heavy atom. The number of nitrogens with one attached hydrogen (secondary N) is 1. The Morgan fingerprint density at radius 1 is 1.44 bits per heavy atom. The minimum Gasteiger partial charge on any atom is -0.382 e. The number of nitrogens with two attached hydrogens (primary N) is 1. The highest BCUT2D eigenvalue weighted by Gasteiger charge is 2.27. The zero-order valence-electron chi connectivity index (χ0n) is 13.8. The minimum absolute atomic E-state index is 0.105. The second-order valence-electron chi connectivity index (χ2n) is 6.08. The van der Waals surface area contributed by atoms with Gasteiger partial charge in [-0.3, -0.25) is 9.79 Å². The van der Waals surface area contributed by atoms with Crippen molar-refractivity contribution in [1.29, 1.82) is 0 Å². The Hall–Kier alpha value is -1.88. The first-order valence-electron chi connectivity index (χ1n) is 7.86. The minimum atomic E-state index is -0.385. The standard InChI is InChI=1S/C14H18BrN7O2S/c1-6-3-4-8(5-9(6)15)17-12(16)10-13(21-24-20-10)18-14(23)11-7(2)19-22-25-11/h6,8-9H,3-5H2,1-2H3,(H2,16,17)(H,18,21,23)/t6?,8?,9-/m0/s1. The molecule has 1 aliphatic rings. The van der Waals surface area contributed by atoms with Crippen molar-refractivity contribution in [3.8, 4) is 0 Å². The van der Waals surface area contributed by atoms with E-state index in [1.54, 1.807) is 6.92 Å². The molecule has 11 heteroatoms. The van der Waals surface area contributed by atoms with E-state index in [9.17, 15) is 4.79 Å². The summed E-state index contributed by atoms with van der Waals surface area (Å²) in [6.07, 6.45) is 2.94. The maximum absolute atomic E-state index is 12.3. The van der Waals surface area contributed by atoms with Gasteiger partial charge < -0.3 is 11.1 Å². The van der Waals surface area contributed by atoms with Crippen LogP contribution in [0.15, 0.2) is 9.62 Å². The molecule has 3 N–H and O–H groups in total. The average Bonchev–Trinajstić information content (AvgIpc) is 3.19. The third-order valence-electron chi connectivity index (χ3n) is 4.21. The number of amidine groups is 1. The van der Waals surface area contributed by atoms with Gasteiger partial charge in [0.15, 0.2) is 11.5 Å². The SMILES string of the molecule is Cc1nnsc1C(=O)Nc1nonc1C(N)=NC1CCC(C)[C@@H](Br)C1. The highest BCUT2D eigenvalue weighted by molar-refractivity contribution is 9.09. The number of anilines is 1. The molecule has 2 heterocycles. The number of carbonyl (C=O) groups excluding carboxylic acids is 1. The van der Waals surface area contributed by atoms with Crippen molar-refractivity contribution < 1.29 is 9.42 Å². The van der Waals surface area contributed by atoms with Gasteiger partial charge in [-0.1, -0.05) is 27.3 Å². The molecule has 0 spiro atoms. The summed E-state index contributed by atoms with van der Waals surface area (Å²) in [7, 11) is 0. The summed E-state index contributed by atoms with van der Waals surface area (Å²) in [5.41, 5.74) is 6.85. The predicted molar refractivity (Wildman–Crippen MR) is 97.1 cm³/mol. The molecule has 3 atom stereocenters. The Balaban J connectivity index is 1.73. The summed E-state index contributed by atoms with van der Waals surface area (Å²) in [6.45, 7) is 3.92. The fourth-order valence-corrected chi connectivity index (χ4v) is 3.91. The van der Waals surface area contributed by atoms with Crippen LogP contribution in [0.25, 0.3) is 0 Å². The van der Waals surface area contributed by atoms with Crippen LogP contribution >= 0.6 is 27.5 Å². The summed E-state index contributed by atoms with van der Waals surface area (Å²) in [5, 5.41) is 13.9. The van der Waals surface area contributed by atoms with Gasteiger partial charge in [0.1, 0.15) is 4.88 Å². The number of aryl methyl sites for hydroxylation is 1. The molecule has 3 rings (SSSR count). The van der Waals surface area contributed by atoms with Gasteiger partial charge in [0.05, 0.1) is 11.7 Å². The van der Waals surface area contributed by atoms with Crippen LogP contribution in [0.4, 0.5) is 5.82 Å². The monoisotopic (exact) mass is 427 g/mol. The van der Waals surface area contributed by atoms with Crippen molar-refractivity contribution in [2.75, 3.05) is 5.32 Å². The molecule has 0 bridgehead atoms. The molecule has 1 aliphatic carbocycles. The van der Waals surface area contributed by atoms with E-state index in [2.05, 4.69) is 53.1 Å². The number of aliphatic imine (C=N–C) groups is 1. The van der Waals surface area contributed by atoms with E-state index >= 15 is 0 Å². The number of halogens is 1. The molecule has 1 fully saturated rings. The summed E-state index contributed by atoms with van der Waals surface area (Å²) >= 11 is 4.69. The number of alkyl halides is 1. The highest BCUT2D eigenvalue weighted by atomic mass is 79.9. The van der Waals surface area contributed by atoms with Crippen LogP contribution in [-0.4, -0.2) is 42.5 Å². The van der Waals surface area contributed by atoms with Crippen LogP contribution < -0.4 is 11.1 Å². The third kappa shape index (κ3) is 4.03. The Morgan fingerprint density at radius 3 is 2.92 bits per heavy atom. The molecule has 2 unspecified atom stereocenters. The zero-order chi connectivity index (χ0) is 18.0. The Kier molecular flexibility index (Phi) is 5.42. The van der Waals surface area contributed by atoms with Crippen LogP contribution in [0.2, 0.25) is 0 Å². The smallest absolute Gasteiger partial charge is 0.270 e. The van der Waals surface area contributed by atoms with Crippen molar-refractivity contribution in [1.82, 2.24) is 19.9 Å². The topological polar surface area (TPSA) is 132 Å². The number of hydrogen-bond acceptors (Lipinski definition) is 8. The molecule has 0 radical (unpaired) electrons. The van der Waals surface area contributed by atoms with E-state index in [-0.39, 0.29) is 29.3 Å². The second kappa shape index (κ2) is 7.56. The van der Waals surface area contributed by atoms with E-state index in [0.717, 1.165) is 30.8 Å². The quantitative estimate of drug-likeness (QED) is 0.433. The Bertz CT molecular complexity index is 790. The predicted octanol–water partition coefficient (Wildman–Crippen LogP) is 2.14. The number of nitrogens with zero attached hydrogens (tertiary/aromatic N) is 5. The molecule has 9 nitrogen and oxygen atoms in total. The van der Waals surface area contributed by atoms with Crippen molar-refractivity contribution >= 4 is 45.0 Å². The number of hydrogen-bond donors (Lipinski definition) is 2. The van der Waals surface area contributed by atoms with Gasteiger partial charge in [-0.15, -0.1) is 5.10 Å². The van der Waals surface area contributed by atoms with Gasteiger partial charge in [0, 0.05) is 4.83 Å². The Labute approximate surface area is 156 Å². The van der Waals surface area contributed by atoms with Crippen LogP contribution in [0.3, 0.4) is 0 Å². The molecule has 1 amide bonds. The molecular formula is C14H18BrN7O2S. The van der Waals surface area contributed by atoms with E-state index in [1.165, 1.54) is 0 Å². The van der Waals surface area contributed by atoms with Gasteiger partial charge >= 0.3 is 0 Å². The maximum Gasteiger partial charge on any atom is 0.270 e. The largest absolute Gasteiger partial charge is 0.382 e. The van der Waals surface area contributed by atoms with Gasteiger partial charge in [-0.2, -0.15) is 0 Å². The lowest BCUT2D eigenvalue weighted by atomic mass is 9.87. The van der Waals surface area contributed by atoms with Gasteiger partial charge in [-0.25, -0.2) is 4.63 Å². The lowest BCUT2D eigenvalue weighted by Crippen LogP contribution is -2.28. The molecule has 25 heavy (non-hydrogen) atoms. The van der Waals surface area contributed by atoms with E-state index in [0.29, 0.717) is 21.3 Å². The van der Waals surface area contributed by atoms with E-state index in [4.69, 9.17) is 10.4 Å². The van der Waals surface area contributed by atoms with Crippen LogP contribution in [0.1, 0.15) is 47.2 Å². The van der Waals surface area contributed by atoms with Crippen LogP contribution in [0.5, 0.6) is 0 Å². The number of amides is 1. The van der Waals surface area contributed by atoms with Crippen molar-refractivity contribution in [2.45, 2.75) is 44.0 Å². The molecule has 0 aromatic carbocycles. The second-order valence-corrected chi connectivity index (χ2v) is 8.01. The average molecular weight is 428 g/mol. The number of carbonyl (C=O) groups is 1. The normalized spacial score (nSPS) is 24.3. The number of rotatable bonds is 4. The summed E-state index contributed by atoms with van der Waals surface area (Å²) in [4.78, 5) is 17.6. The molecule has 134 valence electrons. The van der Waals surface area contributed by atoms with E-state index < -0.39 is 0 Å². The molecule has 0 aliphatic heterocycles. The number of aromatic nitrogens is 4. The van der Waals surface area contributed by atoms with Crippen molar-refractivity contribution in [2.24, 2.45) is 16.6 Å². The lowest BCUT2D eigenvalue weighted by molar-refractivity contribution is 0.102.